The summed E-state index contributed by atoms with van der Waals surface area (Å²) in [5.41, 5.74) is 1.40. The molecule has 7 heteroatoms. The standard InChI is InChI=1S/C22H27N3O4/c1-15(17-6-3-16(4-7-17)5-10-19(26)29-2)24-13-11-22(12-14-24)20(27)25(18-8-9-18)21(28)23-22/h3-7,10,15,18H,8-9,11-14H2,1-2H3,(H,23,28)/b10-5+. The lowest BCUT2D eigenvalue weighted by atomic mass is 9.86. The molecule has 3 aliphatic rings. The lowest BCUT2D eigenvalue weighted by Gasteiger charge is -2.40. The fourth-order valence-electron chi connectivity index (χ4n) is 4.27. The van der Waals surface area contributed by atoms with Crippen molar-refractivity contribution in [3.05, 3.63) is 41.5 Å². The average molecular weight is 397 g/mol. The zero-order valence-corrected chi connectivity index (χ0v) is 16.9. The normalized spacial score (nSPS) is 22.9. The van der Waals surface area contributed by atoms with Gasteiger partial charge < -0.3 is 10.1 Å². The summed E-state index contributed by atoms with van der Waals surface area (Å²) in [6.45, 7) is 3.67. The molecule has 0 bridgehead atoms. The highest BCUT2D eigenvalue weighted by Gasteiger charge is 2.56. The molecule has 0 aromatic heterocycles. The molecular formula is C22H27N3O4. The third-order valence-corrected chi connectivity index (χ3v) is 6.34. The Bertz CT molecular complexity index is 836. The monoisotopic (exact) mass is 397 g/mol. The third kappa shape index (κ3) is 3.79. The lowest BCUT2D eigenvalue weighted by molar-refractivity contribution is -0.135. The maximum Gasteiger partial charge on any atom is 0.330 e. The topological polar surface area (TPSA) is 79.0 Å². The molecule has 2 aliphatic heterocycles. The van der Waals surface area contributed by atoms with Gasteiger partial charge in [-0.1, -0.05) is 24.3 Å². The zero-order valence-electron chi connectivity index (χ0n) is 16.9. The fraction of sp³-hybridized carbons (Fsp3) is 0.500. The summed E-state index contributed by atoms with van der Waals surface area (Å²) in [5, 5.41) is 2.99. The van der Waals surface area contributed by atoms with Crippen molar-refractivity contribution in [2.45, 2.75) is 50.2 Å². The highest BCUT2D eigenvalue weighted by atomic mass is 16.5. The second-order valence-electron chi connectivity index (χ2n) is 8.15. The van der Waals surface area contributed by atoms with E-state index in [0.717, 1.165) is 31.5 Å². The van der Waals surface area contributed by atoms with Gasteiger partial charge >= 0.3 is 12.0 Å². The van der Waals surface area contributed by atoms with E-state index in [-0.39, 0.29) is 30.0 Å². The van der Waals surface area contributed by atoms with E-state index in [1.165, 1.54) is 23.6 Å². The number of nitrogens with zero attached hydrogens (tertiary/aromatic N) is 2. The van der Waals surface area contributed by atoms with Crippen LogP contribution in [0.4, 0.5) is 4.79 Å². The molecule has 1 aromatic rings. The molecule has 3 fully saturated rings. The van der Waals surface area contributed by atoms with Crippen LogP contribution in [0.2, 0.25) is 0 Å². The van der Waals surface area contributed by atoms with Gasteiger partial charge in [-0.2, -0.15) is 0 Å². The molecule has 4 rings (SSSR count). The second kappa shape index (κ2) is 7.63. The molecule has 1 saturated carbocycles. The van der Waals surface area contributed by atoms with Crippen LogP contribution in [0.15, 0.2) is 30.3 Å². The SMILES string of the molecule is COC(=O)/C=C/c1ccc(C(C)N2CCC3(CC2)NC(=O)N(C2CC2)C3=O)cc1. The number of carbonyl (C=O) groups excluding carboxylic acids is 3. The van der Waals surface area contributed by atoms with E-state index in [1.807, 2.05) is 12.1 Å². The van der Waals surface area contributed by atoms with E-state index in [0.29, 0.717) is 12.8 Å². The van der Waals surface area contributed by atoms with Gasteiger partial charge in [-0.05, 0) is 49.8 Å². The molecule has 1 atom stereocenters. The smallest absolute Gasteiger partial charge is 0.330 e. The highest BCUT2D eigenvalue weighted by Crippen LogP contribution is 2.38. The van der Waals surface area contributed by atoms with Gasteiger partial charge in [-0.15, -0.1) is 0 Å². The minimum Gasteiger partial charge on any atom is -0.466 e. The first-order valence-corrected chi connectivity index (χ1v) is 10.2. The molecule has 1 aromatic carbocycles. The number of urea groups is 1. The molecule has 1 aliphatic carbocycles. The quantitative estimate of drug-likeness (QED) is 0.469. The van der Waals surface area contributed by atoms with Gasteiger partial charge in [0.05, 0.1) is 7.11 Å². The van der Waals surface area contributed by atoms with Gasteiger partial charge in [0, 0.05) is 31.2 Å². The van der Waals surface area contributed by atoms with Crippen molar-refractivity contribution in [3.63, 3.8) is 0 Å². The molecule has 154 valence electrons. The maximum atomic E-state index is 12.9. The van der Waals surface area contributed by atoms with Gasteiger partial charge in [-0.25, -0.2) is 9.59 Å². The first kappa shape index (κ1) is 19.6. The van der Waals surface area contributed by atoms with E-state index >= 15 is 0 Å². The molecule has 1 spiro atoms. The van der Waals surface area contributed by atoms with Crippen LogP contribution in [0.3, 0.4) is 0 Å². The summed E-state index contributed by atoms with van der Waals surface area (Å²) in [7, 11) is 1.36. The van der Waals surface area contributed by atoms with Gasteiger partial charge in [-0.3, -0.25) is 14.6 Å². The summed E-state index contributed by atoms with van der Waals surface area (Å²) < 4.78 is 4.60. The molecule has 0 radical (unpaired) electrons. The van der Waals surface area contributed by atoms with Crippen molar-refractivity contribution in [2.75, 3.05) is 20.2 Å². The zero-order chi connectivity index (χ0) is 20.6. The van der Waals surface area contributed by atoms with Crippen LogP contribution in [0.5, 0.6) is 0 Å². The Morgan fingerprint density at radius 3 is 2.45 bits per heavy atom. The van der Waals surface area contributed by atoms with E-state index in [1.54, 1.807) is 6.08 Å². The third-order valence-electron chi connectivity index (χ3n) is 6.34. The molecule has 1 N–H and O–H groups in total. The maximum absolute atomic E-state index is 12.9. The number of likely N-dealkylation sites (tertiary alicyclic amines) is 1. The van der Waals surface area contributed by atoms with Crippen LogP contribution in [0.25, 0.3) is 6.08 Å². The molecule has 1 unspecified atom stereocenters. The van der Waals surface area contributed by atoms with Crippen molar-refractivity contribution >= 4 is 24.0 Å². The van der Waals surface area contributed by atoms with Crippen molar-refractivity contribution in [2.24, 2.45) is 0 Å². The van der Waals surface area contributed by atoms with Crippen molar-refractivity contribution in [3.8, 4) is 0 Å². The average Bonchev–Trinajstić information content (AvgIpc) is 3.54. The number of carbonyl (C=O) groups is 3. The number of esters is 1. The van der Waals surface area contributed by atoms with Crippen molar-refractivity contribution in [1.82, 2.24) is 15.1 Å². The fourth-order valence-corrected chi connectivity index (χ4v) is 4.27. The van der Waals surface area contributed by atoms with Crippen LogP contribution in [0.1, 0.15) is 49.8 Å². The molecule has 3 amide bonds. The summed E-state index contributed by atoms with van der Waals surface area (Å²) in [5.74, 6) is -0.405. The Kier molecular flexibility index (Phi) is 5.17. The number of methoxy groups -OCH3 is 1. The molecule has 2 saturated heterocycles. The Balaban J connectivity index is 1.37. The van der Waals surface area contributed by atoms with Gasteiger partial charge in [0.2, 0.25) is 0 Å². The molecule has 7 nitrogen and oxygen atoms in total. The van der Waals surface area contributed by atoms with Gasteiger partial charge in [0.25, 0.3) is 5.91 Å². The van der Waals surface area contributed by atoms with Crippen LogP contribution in [-0.2, 0) is 14.3 Å². The summed E-state index contributed by atoms with van der Waals surface area (Å²) in [6, 6.07) is 8.18. The van der Waals surface area contributed by atoms with E-state index in [2.05, 4.69) is 34.0 Å². The Labute approximate surface area is 170 Å². The van der Waals surface area contributed by atoms with Crippen LogP contribution >= 0.6 is 0 Å². The van der Waals surface area contributed by atoms with Crippen LogP contribution in [0, 0.1) is 0 Å². The molecule has 29 heavy (non-hydrogen) atoms. The minimum atomic E-state index is -0.710. The van der Waals surface area contributed by atoms with Gasteiger partial charge in [0.15, 0.2) is 0 Å². The first-order valence-electron chi connectivity index (χ1n) is 10.2. The number of piperidine rings is 1. The predicted molar refractivity (Wildman–Crippen MR) is 108 cm³/mol. The summed E-state index contributed by atoms with van der Waals surface area (Å²) in [4.78, 5) is 40.2. The first-order chi connectivity index (χ1) is 13.9. The number of benzene rings is 1. The number of nitrogens with one attached hydrogen (secondary N) is 1. The number of rotatable bonds is 5. The Morgan fingerprint density at radius 2 is 1.86 bits per heavy atom. The van der Waals surface area contributed by atoms with Crippen LogP contribution in [-0.4, -0.2) is 59.5 Å². The number of ether oxygens (including phenoxy) is 1. The number of hydrogen-bond donors (Lipinski definition) is 1. The minimum absolute atomic E-state index is 0.0287. The Hall–Kier alpha value is -2.67. The van der Waals surface area contributed by atoms with E-state index in [9.17, 15) is 14.4 Å². The Morgan fingerprint density at radius 1 is 1.21 bits per heavy atom. The van der Waals surface area contributed by atoms with Crippen LogP contribution < -0.4 is 5.32 Å². The highest BCUT2D eigenvalue weighted by molar-refractivity contribution is 6.07. The lowest BCUT2D eigenvalue weighted by Crippen LogP contribution is -2.55. The number of amides is 3. The van der Waals surface area contributed by atoms with E-state index < -0.39 is 5.54 Å². The number of hydrogen-bond acceptors (Lipinski definition) is 5. The molecular weight excluding hydrogens is 370 g/mol. The largest absolute Gasteiger partial charge is 0.466 e. The van der Waals surface area contributed by atoms with Gasteiger partial charge in [0.1, 0.15) is 5.54 Å². The van der Waals surface area contributed by atoms with Crippen molar-refractivity contribution < 1.29 is 19.1 Å². The number of imide groups is 1. The summed E-state index contributed by atoms with van der Waals surface area (Å²) in [6.07, 6.45) is 6.29. The predicted octanol–water partition coefficient (Wildman–Crippen LogP) is 2.48. The molecule has 2 heterocycles. The van der Waals surface area contributed by atoms with E-state index in [4.69, 9.17) is 0 Å². The summed E-state index contributed by atoms with van der Waals surface area (Å²) >= 11 is 0. The van der Waals surface area contributed by atoms with Crippen molar-refractivity contribution in [1.29, 1.82) is 0 Å². The second-order valence-corrected chi connectivity index (χ2v) is 8.15.